The minimum absolute atomic E-state index is 0.109. The Hall–Kier alpha value is -1.74. The van der Waals surface area contributed by atoms with Gasteiger partial charge >= 0.3 is 0 Å². The van der Waals surface area contributed by atoms with Gasteiger partial charge in [0.05, 0.1) is 16.3 Å². The van der Waals surface area contributed by atoms with Crippen molar-refractivity contribution in [2.45, 2.75) is 13.8 Å². The molecule has 1 heterocycles. The first-order valence-corrected chi connectivity index (χ1v) is 5.53. The Balaban J connectivity index is 2.44. The molecule has 0 aliphatic heterocycles. The maximum Gasteiger partial charge on any atom is 0.196 e. The molecule has 0 aliphatic rings. The largest absolute Gasteiger partial charge is 0.466 e. The molecule has 0 saturated heterocycles. The smallest absolute Gasteiger partial charge is 0.196 e. The molecule has 0 bridgehead atoms. The fraction of sp³-hybridized carbons (Fsp3) is 0.154. The van der Waals surface area contributed by atoms with Crippen LogP contribution in [0.4, 0.5) is 5.69 Å². The third-order valence-corrected chi connectivity index (χ3v) is 2.89. The molecule has 88 valence electrons. The summed E-state index contributed by atoms with van der Waals surface area (Å²) in [6, 6.07) is 6.57. The number of furan rings is 1. The van der Waals surface area contributed by atoms with E-state index < -0.39 is 0 Å². The van der Waals surface area contributed by atoms with Gasteiger partial charge in [0, 0.05) is 5.56 Å². The summed E-state index contributed by atoms with van der Waals surface area (Å²) < 4.78 is 5.33. The van der Waals surface area contributed by atoms with Gasteiger partial charge in [-0.2, -0.15) is 0 Å². The van der Waals surface area contributed by atoms with Gasteiger partial charge in [-0.25, -0.2) is 0 Å². The molecular formula is C13H12ClNO2. The minimum atomic E-state index is -0.109. The summed E-state index contributed by atoms with van der Waals surface area (Å²) >= 11 is 5.81. The lowest BCUT2D eigenvalue weighted by molar-refractivity contribution is 0.103. The first-order chi connectivity index (χ1) is 7.99. The van der Waals surface area contributed by atoms with Crippen molar-refractivity contribution in [2.75, 3.05) is 5.73 Å². The second-order valence-corrected chi connectivity index (χ2v) is 4.30. The van der Waals surface area contributed by atoms with E-state index in [9.17, 15) is 4.79 Å². The standard InChI is InChI=1S/C13H12ClNO2/c1-7-5-10(8(2)17-7)13(16)9-3-4-11(14)12(15)6-9/h3-6H,15H2,1-2H3. The average molecular weight is 250 g/mol. The van der Waals surface area contributed by atoms with Gasteiger partial charge in [0.2, 0.25) is 0 Å². The van der Waals surface area contributed by atoms with Gasteiger partial charge in [0.25, 0.3) is 0 Å². The lowest BCUT2D eigenvalue weighted by Crippen LogP contribution is -2.02. The minimum Gasteiger partial charge on any atom is -0.466 e. The number of anilines is 1. The van der Waals surface area contributed by atoms with Crippen LogP contribution in [0, 0.1) is 13.8 Å². The third-order valence-electron chi connectivity index (χ3n) is 2.54. The van der Waals surface area contributed by atoms with Gasteiger partial charge in [-0.1, -0.05) is 11.6 Å². The van der Waals surface area contributed by atoms with Gasteiger partial charge in [-0.05, 0) is 38.1 Å². The number of benzene rings is 1. The molecule has 1 aromatic heterocycles. The molecule has 0 atom stereocenters. The van der Waals surface area contributed by atoms with Crippen molar-refractivity contribution < 1.29 is 9.21 Å². The number of rotatable bonds is 2. The number of carbonyl (C=O) groups excluding carboxylic acids is 1. The van der Waals surface area contributed by atoms with Gasteiger partial charge < -0.3 is 10.2 Å². The van der Waals surface area contributed by atoms with Crippen LogP contribution in [-0.2, 0) is 0 Å². The zero-order valence-electron chi connectivity index (χ0n) is 9.58. The molecule has 0 radical (unpaired) electrons. The SMILES string of the molecule is Cc1cc(C(=O)c2ccc(Cl)c(N)c2)c(C)o1. The Morgan fingerprint density at radius 3 is 2.53 bits per heavy atom. The monoisotopic (exact) mass is 249 g/mol. The summed E-state index contributed by atoms with van der Waals surface area (Å²) in [5.41, 5.74) is 7.14. The number of hydrogen-bond donors (Lipinski definition) is 1. The van der Waals surface area contributed by atoms with E-state index in [4.69, 9.17) is 21.8 Å². The number of nitrogen functional groups attached to an aromatic ring is 1. The van der Waals surface area contributed by atoms with Crippen molar-refractivity contribution >= 4 is 23.1 Å². The van der Waals surface area contributed by atoms with Crippen LogP contribution in [0.15, 0.2) is 28.7 Å². The molecule has 0 spiro atoms. The predicted octanol–water partition coefficient (Wildman–Crippen LogP) is 3.36. The maximum atomic E-state index is 12.2. The van der Waals surface area contributed by atoms with Crippen LogP contribution in [0.25, 0.3) is 0 Å². The molecule has 0 aliphatic carbocycles. The molecule has 0 amide bonds. The highest BCUT2D eigenvalue weighted by Gasteiger charge is 2.16. The molecule has 0 fully saturated rings. The Labute approximate surface area is 104 Å². The Morgan fingerprint density at radius 2 is 2.00 bits per heavy atom. The highest BCUT2D eigenvalue weighted by atomic mass is 35.5. The summed E-state index contributed by atoms with van der Waals surface area (Å²) in [4.78, 5) is 12.2. The highest BCUT2D eigenvalue weighted by Crippen LogP contribution is 2.23. The molecule has 2 rings (SSSR count). The van der Waals surface area contributed by atoms with Gasteiger partial charge in [-0.3, -0.25) is 4.79 Å². The van der Waals surface area contributed by atoms with E-state index in [0.29, 0.717) is 33.4 Å². The molecule has 0 unspecified atom stereocenters. The van der Waals surface area contributed by atoms with Crippen molar-refractivity contribution in [3.8, 4) is 0 Å². The van der Waals surface area contributed by atoms with Crippen molar-refractivity contribution in [3.05, 3.63) is 51.9 Å². The van der Waals surface area contributed by atoms with E-state index in [1.807, 2.05) is 0 Å². The zero-order chi connectivity index (χ0) is 12.6. The highest BCUT2D eigenvalue weighted by molar-refractivity contribution is 6.33. The van der Waals surface area contributed by atoms with Crippen LogP contribution < -0.4 is 5.73 Å². The number of carbonyl (C=O) groups is 1. The third kappa shape index (κ3) is 2.19. The Morgan fingerprint density at radius 1 is 1.29 bits per heavy atom. The lowest BCUT2D eigenvalue weighted by Gasteiger charge is -2.02. The topological polar surface area (TPSA) is 56.2 Å². The molecule has 2 N–H and O–H groups in total. The van der Waals surface area contributed by atoms with Gasteiger partial charge in [-0.15, -0.1) is 0 Å². The van der Waals surface area contributed by atoms with E-state index in [0.717, 1.165) is 0 Å². The lowest BCUT2D eigenvalue weighted by atomic mass is 10.0. The molecule has 4 heteroatoms. The van der Waals surface area contributed by atoms with Crippen LogP contribution in [0.1, 0.15) is 27.4 Å². The van der Waals surface area contributed by atoms with Crippen molar-refractivity contribution in [1.29, 1.82) is 0 Å². The maximum absolute atomic E-state index is 12.2. The number of aryl methyl sites for hydroxylation is 2. The quantitative estimate of drug-likeness (QED) is 0.656. The second-order valence-electron chi connectivity index (χ2n) is 3.89. The average Bonchev–Trinajstić information content (AvgIpc) is 2.61. The van der Waals surface area contributed by atoms with Crippen LogP contribution in [0.5, 0.6) is 0 Å². The second kappa shape index (κ2) is 4.26. The molecule has 2 aromatic rings. The fourth-order valence-corrected chi connectivity index (χ4v) is 1.81. The first kappa shape index (κ1) is 11.7. The first-order valence-electron chi connectivity index (χ1n) is 5.16. The Bertz CT molecular complexity index is 587. The normalized spacial score (nSPS) is 10.5. The van der Waals surface area contributed by atoms with E-state index >= 15 is 0 Å². The number of nitrogens with two attached hydrogens (primary N) is 1. The Kier molecular flexibility index (Phi) is 2.94. The zero-order valence-corrected chi connectivity index (χ0v) is 10.3. The summed E-state index contributed by atoms with van der Waals surface area (Å²) in [5.74, 6) is 1.22. The van der Waals surface area contributed by atoms with Crippen LogP contribution in [0.2, 0.25) is 5.02 Å². The van der Waals surface area contributed by atoms with Crippen molar-refractivity contribution in [2.24, 2.45) is 0 Å². The van der Waals surface area contributed by atoms with Crippen molar-refractivity contribution in [3.63, 3.8) is 0 Å². The van der Waals surface area contributed by atoms with E-state index in [1.54, 1.807) is 38.1 Å². The van der Waals surface area contributed by atoms with E-state index in [-0.39, 0.29) is 5.78 Å². The van der Waals surface area contributed by atoms with E-state index in [1.165, 1.54) is 0 Å². The predicted molar refractivity (Wildman–Crippen MR) is 67.5 cm³/mol. The fourth-order valence-electron chi connectivity index (χ4n) is 1.70. The molecule has 17 heavy (non-hydrogen) atoms. The van der Waals surface area contributed by atoms with Gasteiger partial charge in [0.1, 0.15) is 11.5 Å². The molecule has 1 aromatic carbocycles. The number of hydrogen-bond acceptors (Lipinski definition) is 3. The van der Waals surface area contributed by atoms with Crippen LogP contribution in [0.3, 0.4) is 0 Å². The van der Waals surface area contributed by atoms with Gasteiger partial charge in [0.15, 0.2) is 5.78 Å². The number of ketones is 1. The summed E-state index contributed by atoms with van der Waals surface area (Å²) in [6.45, 7) is 3.57. The van der Waals surface area contributed by atoms with Crippen LogP contribution >= 0.6 is 11.6 Å². The summed E-state index contributed by atoms with van der Waals surface area (Å²) in [7, 11) is 0. The van der Waals surface area contributed by atoms with Crippen molar-refractivity contribution in [1.82, 2.24) is 0 Å². The molecule has 0 saturated carbocycles. The van der Waals surface area contributed by atoms with E-state index in [2.05, 4.69) is 0 Å². The summed E-state index contributed by atoms with van der Waals surface area (Å²) in [5, 5.41) is 0.446. The molecule has 3 nitrogen and oxygen atoms in total. The molecular weight excluding hydrogens is 238 g/mol. The number of halogens is 1. The summed E-state index contributed by atoms with van der Waals surface area (Å²) in [6.07, 6.45) is 0. The van der Waals surface area contributed by atoms with Crippen LogP contribution in [-0.4, -0.2) is 5.78 Å².